The van der Waals surface area contributed by atoms with E-state index in [0.717, 1.165) is 44.3 Å². The third-order valence-corrected chi connectivity index (χ3v) is 6.52. The molecule has 1 aliphatic rings. The Morgan fingerprint density at radius 2 is 1.76 bits per heavy atom. The zero-order chi connectivity index (χ0) is 25.2. The molecule has 0 radical (unpaired) electrons. The van der Waals surface area contributed by atoms with Gasteiger partial charge in [-0.1, -0.05) is 56.5 Å². The first-order chi connectivity index (χ1) is 16.0. The van der Waals surface area contributed by atoms with Crippen molar-refractivity contribution in [3.8, 4) is 0 Å². The van der Waals surface area contributed by atoms with Crippen molar-refractivity contribution in [2.24, 2.45) is 0 Å². The van der Waals surface area contributed by atoms with Crippen LogP contribution in [0.15, 0.2) is 42.2 Å². The molecule has 0 spiro atoms. The zero-order valence-electron chi connectivity index (χ0n) is 22.6. The molecule has 2 rings (SSSR count). The number of ether oxygens (including phenoxy) is 2. The molecule has 0 aromatic heterocycles. The molecule has 1 aromatic carbocycles. The number of nitrogens with zero attached hydrogens (tertiary/aromatic N) is 1. The third-order valence-electron chi connectivity index (χ3n) is 5.65. The molecule has 0 saturated carbocycles. The molecule has 1 heterocycles. The van der Waals surface area contributed by atoms with E-state index in [-0.39, 0.29) is 18.2 Å². The number of amides is 1. The molecule has 1 aromatic rings. The second-order valence-corrected chi connectivity index (χ2v) is 15.8. The van der Waals surface area contributed by atoms with Gasteiger partial charge in [0.2, 0.25) is 8.32 Å². The van der Waals surface area contributed by atoms with Gasteiger partial charge in [-0.3, -0.25) is 4.90 Å². The van der Waals surface area contributed by atoms with E-state index in [9.17, 15) is 4.79 Å². The highest BCUT2D eigenvalue weighted by Crippen LogP contribution is 2.32. The van der Waals surface area contributed by atoms with Crippen LogP contribution in [0.3, 0.4) is 0 Å². The van der Waals surface area contributed by atoms with E-state index in [4.69, 9.17) is 13.9 Å². The van der Waals surface area contributed by atoms with Gasteiger partial charge in [0.1, 0.15) is 5.60 Å². The number of benzene rings is 1. The average Bonchev–Trinajstić information content (AvgIpc) is 2.72. The molecule has 192 valence electrons. The van der Waals surface area contributed by atoms with Crippen molar-refractivity contribution >= 4 is 14.4 Å². The first kappa shape index (κ1) is 28.4. The normalized spacial score (nSPS) is 19.0. The van der Waals surface area contributed by atoms with Crippen molar-refractivity contribution in [3.63, 3.8) is 0 Å². The van der Waals surface area contributed by atoms with Crippen LogP contribution in [-0.2, 0) is 20.5 Å². The number of rotatable bonds is 12. The second kappa shape index (κ2) is 13.3. The molecule has 1 aliphatic heterocycles. The maximum Gasteiger partial charge on any atom is 0.411 e. The van der Waals surface area contributed by atoms with Crippen molar-refractivity contribution in [2.75, 3.05) is 6.61 Å². The van der Waals surface area contributed by atoms with Crippen molar-refractivity contribution in [1.29, 1.82) is 0 Å². The van der Waals surface area contributed by atoms with Gasteiger partial charge in [-0.2, -0.15) is 0 Å². The fraction of sp³-hybridized carbons (Fsp3) is 0.679. The van der Waals surface area contributed by atoms with Gasteiger partial charge in [-0.25, -0.2) is 4.79 Å². The van der Waals surface area contributed by atoms with Crippen molar-refractivity contribution in [2.45, 2.75) is 117 Å². The first-order valence-electron chi connectivity index (χ1n) is 13.0. The Bertz CT molecular complexity index is 767. The lowest BCUT2D eigenvalue weighted by molar-refractivity contribution is 0.00211. The molecule has 5 nitrogen and oxygen atoms in total. The van der Waals surface area contributed by atoms with Crippen LogP contribution in [0.25, 0.3) is 0 Å². The Morgan fingerprint density at radius 1 is 1.06 bits per heavy atom. The lowest BCUT2D eigenvalue weighted by Gasteiger charge is -2.42. The zero-order valence-corrected chi connectivity index (χ0v) is 23.6. The van der Waals surface area contributed by atoms with E-state index in [1.165, 1.54) is 12.0 Å². The minimum Gasteiger partial charge on any atom is -0.547 e. The smallest absolute Gasteiger partial charge is 0.411 e. The molecular formula is C28H47NO4Si. The largest absolute Gasteiger partial charge is 0.547 e. The summed E-state index contributed by atoms with van der Waals surface area (Å²) in [5.41, 5.74) is 0.657. The summed E-state index contributed by atoms with van der Waals surface area (Å²) in [5, 5.41) is 0. The van der Waals surface area contributed by atoms with Crippen molar-refractivity contribution in [1.82, 2.24) is 4.90 Å². The molecule has 1 amide bonds. The monoisotopic (exact) mass is 489 g/mol. The van der Waals surface area contributed by atoms with Crippen LogP contribution in [0.2, 0.25) is 19.6 Å². The average molecular weight is 490 g/mol. The number of carbonyl (C=O) groups is 1. The Hall–Kier alpha value is -1.79. The van der Waals surface area contributed by atoms with Gasteiger partial charge >= 0.3 is 6.09 Å². The summed E-state index contributed by atoms with van der Waals surface area (Å²) < 4.78 is 18.2. The predicted octanol–water partition coefficient (Wildman–Crippen LogP) is 7.68. The number of unbranched alkanes of at least 4 members (excludes halogenated alkanes) is 2. The van der Waals surface area contributed by atoms with Gasteiger partial charge in [0, 0.05) is 19.1 Å². The van der Waals surface area contributed by atoms with Gasteiger partial charge in [-0.15, -0.1) is 0 Å². The number of hydrogen-bond acceptors (Lipinski definition) is 4. The van der Waals surface area contributed by atoms with Gasteiger partial charge < -0.3 is 13.9 Å². The van der Waals surface area contributed by atoms with Crippen LogP contribution in [0.5, 0.6) is 0 Å². The molecule has 6 heteroatoms. The van der Waals surface area contributed by atoms with Crippen LogP contribution in [0.1, 0.15) is 78.2 Å². The highest BCUT2D eigenvalue weighted by molar-refractivity contribution is 6.70. The van der Waals surface area contributed by atoms with Crippen LogP contribution < -0.4 is 0 Å². The number of hydrogen-bond donors (Lipinski definition) is 0. The third kappa shape index (κ3) is 10.6. The number of carbonyl (C=O) groups excluding carboxylic acids is 1. The quantitative estimate of drug-likeness (QED) is 0.223. The maximum absolute atomic E-state index is 13.3. The van der Waals surface area contributed by atoms with E-state index in [2.05, 4.69) is 44.8 Å². The Kier molecular flexibility index (Phi) is 11.2. The minimum absolute atomic E-state index is 0.0399. The van der Waals surface area contributed by atoms with Gasteiger partial charge in [0.05, 0.1) is 18.4 Å². The van der Waals surface area contributed by atoms with Crippen LogP contribution >= 0.6 is 0 Å². The van der Waals surface area contributed by atoms with Crippen LogP contribution in [0, 0.1) is 0 Å². The predicted molar refractivity (Wildman–Crippen MR) is 142 cm³/mol. The molecule has 2 atom stereocenters. The molecule has 34 heavy (non-hydrogen) atoms. The molecule has 0 saturated heterocycles. The summed E-state index contributed by atoms with van der Waals surface area (Å²) in [4.78, 5) is 15.3. The molecule has 0 N–H and O–H groups in total. The van der Waals surface area contributed by atoms with Gasteiger partial charge in [-0.05, 0) is 71.3 Å². The highest BCUT2D eigenvalue weighted by atomic mass is 28.4. The standard InChI is InChI=1S/C28H47NO4Si/c1-8-9-11-17-24-20-26(33-34(5,6)7)21-25(29(24)27(30)32-28(2,3)4)18-14-19-31-22-23-15-12-10-13-16-23/h10,12-13,15-16,21,24-25H,8-9,11,14,17-20,22H2,1-7H3. The molecule has 0 bridgehead atoms. The summed E-state index contributed by atoms with van der Waals surface area (Å²) in [5.74, 6) is 1.05. The molecular weight excluding hydrogens is 442 g/mol. The Labute approximate surface area is 209 Å². The van der Waals surface area contributed by atoms with Crippen molar-refractivity contribution in [3.05, 3.63) is 47.7 Å². The summed E-state index contributed by atoms with van der Waals surface area (Å²) in [7, 11) is -1.74. The fourth-order valence-corrected chi connectivity index (χ4v) is 5.22. The van der Waals surface area contributed by atoms with E-state index in [1.54, 1.807) is 0 Å². The van der Waals surface area contributed by atoms with E-state index in [0.29, 0.717) is 13.2 Å². The first-order valence-corrected chi connectivity index (χ1v) is 16.4. The summed E-state index contributed by atoms with van der Waals surface area (Å²) in [6, 6.07) is 10.3. The lowest BCUT2D eigenvalue weighted by atomic mass is 9.94. The lowest BCUT2D eigenvalue weighted by Crippen LogP contribution is -2.51. The van der Waals surface area contributed by atoms with E-state index in [1.807, 2.05) is 43.9 Å². The van der Waals surface area contributed by atoms with Crippen molar-refractivity contribution < 1.29 is 18.7 Å². The minimum atomic E-state index is -1.74. The maximum atomic E-state index is 13.3. The van der Waals surface area contributed by atoms with Gasteiger partial charge in [0.25, 0.3) is 0 Å². The van der Waals surface area contributed by atoms with Gasteiger partial charge in [0.15, 0.2) is 0 Å². The molecule has 0 aliphatic carbocycles. The van der Waals surface area contributed by atoms with Crippen LogP contribution in [-0.4, -0.2) is 43.6 Å². The summed E-state index contributed by atoms with van der Waals surface area (Å²) >= 11 is 0. The summed E-state index contributed by atoms with van der Waals surface area (Å²) in [6.45, 7) is 15.9. The Morgan fingerprint density at radius 3 is 2.38 bits per heavy atom. The molecule has 2 unspecified atom stereocenters. The topological polar surface area (TPSA) is 48.0 Å². The highest BCUT2D eigenvalue weighted by Gasteiger charge is 2.37. The fourth-order valence-electron chi connectivity index (χ4n) is 4.28. The molecule has 0 fully saturated rings. The SMILES string of the molecule is CCCCCC1CC(O[Si](C)(C)C)=CC(CCCOCc2ccccc2)N1C(=O)OC(C)(C)C. The van der Waals surface area contributed by atoms with E-state index < -0.39 is 13.9 Å². The Balaban J connectivity index is 2.13. The van der Waals surface area contributed by atoms with E-state index >= 15 is 0 Å². The summed E-state index contributed by atoms with van der Waals surface area (Å²) in [6.07, 6.45) is 8.84. The second-order valence-electron chi connectivity index (χ2n) is 11.3. The van der Waals surface area contributed by atoms with Crippen LogP contribution in [0.4, 0.5) is 4.79 Å².